The Kier molecular flexibility index (Phi) is 5.73. The van der Waals surface area contributed by atoms with Crippen LogP contribution in [0.25, 0.3) is 11.4 Å². The first-order valence-electron chi connectivity index (χ1n) is 8.84. The molecule has 2 aromatic heterocycles. The Balaban J connectivity index is 1.57. The molecule has 26 heavy (non-hydrogen) atoms. The third-order valence-electron chi connectivity index (χ3n) is 4.05. The zero-order valence-electron chi connectivity index (χ0n) is 15.1. The smallest absolute Gasteiger partial charge is 0.251 e. The Morgan fingerprint density at radius 3 is 2.81 bits per heavy atom. The molecular formula is C20H23N5O. The van der Waals surface area contributed by atoms with E-state index in [1.54, 1.807) is 12.3 Å². The van der Waals surface area contributed by atoms with Crippen molar-refractivity contribution in [1.29, 1.82) is 0 Å². The summed E-state index contributed by atoms with van der Waals surface area (Å²) < 4.78 is 0. The quantitative estimate of drug-likeness (QED) is 0.641. The third kappa shape index (κ3) is 4.53. The predicted molar refractivity (Wildman–Crippen MR) is 101 cm³/mol. The van der Waals surface area contributed by atoms with Gasteiger partial charge in [0.1, 0.15) is 5.82 Å². The van der Waals surface area contributed by atoms with Gasteiger partial charge in [-0.05, 0) is 37.1 Å². The minimum absolute atomic E-state index is 0.0903. The zero-order chi connectivity index (χ0) is 18.4. The Morgan fingerprint density at radius 1 is 1.19 bits per heavy atom. The minimum atomic E-state index is -0.0903. The predicted octanol–water partition coefficient (Wildman–Crippen LogP) is 3.35. The zero-order valence-corrected chi connectivity index (χ0v) is 15.1. The fourth-order valence-corrected chi connectivity index (χ4v) is 2.58. The molecule has 0 aliphatic heterocycles. The van der Waals surface area contributed by atoms with Gasteiger partial charge in [0.25, 0.3) is 5.91 Å². The van der Waals surface area contributed by atoms with Crippen LogP contribution in [-0.4, -0.2) is 32.6 Å². The van der Waals surface area contributed by atoms with Crippen molar-refractivity contribution in [2.45, 2.75) is 32.6 Å². The van der Waals surface area contributed by atoms with Gasteiger partial charge in [-0.3, -0.25) is 14.9 Å². The molecule has 3 aromatic rings. The lowest BCUT2D eigenvalue weighted by Crippen LogP contribution is -2.24. The molecule has 0 fully saturated rings. The summed E-state index contributed by atoms with van der Waals surface area (Å²) in [6.07, 6.45) is 3.48. The monoisotopic (exact) mass is 349 g/mol. The van der Waals surface area contributed by atoms with Crippen molar-refractivity contribution in [3.8, 4) is 11.4 Å². The maximum absolute atomic E-state index is 12.4. The standard InChI is InChI=1S/C20H23N5O/c1-14(2)18-23-19(25-24-18)15-7-5-8-16(13-15)20(26)22-12-6-10-17-9-3-4-11-21-17/h3-5,7-9,11,13-14H,6,10,12H2,1-2H3,(H,22,26)(H,23,24,25). The third-order valence-corrected chi connectivity index (χ3v) is 4.05. The fraction of sp³-hybridized carbons (Fsp3) is 0.300. The number of hydrogen-bond donors (Lipinski definition) is 2. The first kappa shape index (κ1) is 17.8. The minimum Gasteiger partial charge on any atom is -0.352 e. The second kappa shape index (κ2) is 8.38. The number of pyridine rings is 1. The lowest BCUT2D eigenvalue weighted by Gasteiger charge is -2.06. The molecule has 0 bridgehead atoms. The molecule has 0 unspecified atom stereocenters. The van der Waals surface area contributed by atoms with Gasteiger partial charge in [-0.15, -0.1) is 0 Å². The average Bonchev–Trinajstić information content (AvgIpc) is 3.17. The summed E-state index contributed by atoms with van der Waals surface area (Å²) in [5.74, 6) is 1.64. The number of amides is 1. The van der Waals surface area contributed by atoms with Crippen molar-refractivity contribution in [3.05, 3.63) is 65.7 Å². The number of nitrogens with zero attached hydrogens (tertiary/aromatic N) is 3. The molecule has 1 aromatic carbocycles. The molecule has 0 aliphatic rings. The van der Waals surface area contributed by atoms with Crippen LogP contribution < -0.4 is 5.32 Å². The Morgan fingerprint density at radius 2 is 2.08 bits per heavy atom. The van der Waals surface area contributed by atoms with Gasteiger partial charge in [0.05, 0.1) is 0 Å². The van der Waals surface area contributed by atoms with Crippen LogP contribution in [0, 0.1) is 0 Å². The number of benzene rings is 1. The lowest BCUT2D eigenvalue weighted by atomic mass is 10.1. The Bertz CT molecular complexity index is 857. The molecule has 0 saturated heterocycles. The van der Waals surface area contributed by atoms with E-state index in [2.05, 4.69) is 39.3 Å². The fourth-order valence-electron chi connectivity index (χ4n) is 2.58. The van der Waals surface area contributed by atoms with E-state index in [0.717, 1.165) is 29.9 Å². The first-order valence-corrected chi connectivity index (χ1v) is 8.84. The molecule has 3 rings (SSSR count). The van der Waals surface area contributed by atoms with Crippen LogP contribution in [0.4, 0.5) is 0 Å². The summed E-state index contributed by atoms with van der Waals surface area (Å²) in [6.45, 7) is 4.72. The van der Waals surface area contributed by atoms with E-state index >= 15 is 0 Å². The number of hydrogen-bond acceptors (Lipinski definition) is 4. The highest BCUT2D eigenvalue weighted by atomic mass is 16.1. The number of H-pyrrole nitrogens is 1. The molecule has 134 valence electrons. The van der Waals surface area contributed by atoms with E-state index in [4.69, 9.17) is 0 Å². The summed E-state index contributed by atoms with van der Waals surface area (Å²) in [5, 5.41) is 10.1. The number of rotatable bonds is 7. The highest BCUT2D eigenvalue weighted by Crippen LogP contribution is 2.18. The van der Waals surface area contributed by atoms with E-state index < -0.39 is 0 Å². The maximum atomic E-state index is 12.4. The summed E-state index contributed by atoms with van der Waals surface area (Å²) in [5.41, 5.74) is 2.47. The number of aryl methyl sites for hydroxylation is 1. The highest BCUT2D eigenvalue weighted by molar-refractivity contribution is 5.95. The summed E-state index contributed by atoms with van der Waals surface area (Å²) in [4.78, 5) is 21.1. The van der Waals surface area contributed by atoms with Crippen LogP contribution in [0.5, 0.6) is 0 Å². The molecule has 2 N–H and O–H groups in total. The molecule has 2 heterocycles. The topological polar surface area (TPSA) is 83.6 Å². The summed E-state index contributed by atoms with van der Waals surface area (Å²) in [6, 6.07) is 13.2. The van der Waals surface area contributed by atoms with Crippen LogP contribution in [0.2, 0.25) is 0 Å². The summed E-state index contributed by atoms with van der Waals surface area (Å²) >= 11 is 0. The average molecular weight is 349 g/mol. The molecule has 0 saturated carbocycles. The van der Waals surface area contributed by atoms with Crippen LogP contribution in [-0.2, 0) is 6.42 Å². The van der Waals surface area contributed by atoms with Gasteiger partial charge in [-0.25, -0.2) is 4.98 Å². The second-order valence-corrected chi connectivity index (χ2v) is 6.46. The number of aromatic amines is 1. The van der Waals surface area contributed by atoms with E-state index in [1.165, 1.54) is 0 Å². The van der Waals surface area contributed by atoms with E-state index in [9.17, 15) is 4.79 Å². The van der Waals surface area contributed by atoms with Gasteiger partial charge in [0.2, 0.25) is 0 Å². The van der Waals surface area contributed by atoms with E-state index in [0.29, 0.717) is 17.9 Å². The van der Waals surface area contributed by atoms with Crippen LogP contribution >= 0.6 is 0 Å². The number of carbonyl (C=O) groups is 1. The maximum Gasteiger partial charge on any atom is 0.251 e. The number of aromatic nitrogens is 4. The van der Waals surface area contributed by atoms with Crippen LogP contribution in [0.1, 0.15) is 48.1 Å². The van der Waals surface area contributed by atoms with Crippen LogP contribution in [0.15, 0.2) is 48.7 Å². The molecule has 1 amide bonds. The van der Waals surface area contributed by atoms with Gasteiger partial charge >= 0.3 is 0 Å². The van der Waals surface area contributed by atoms with Gasteiger partial charge in [0.15, 0.2) is 5.82 Å². The number of nitrogens with one attached hydrogen (secondary N) is 2. The molecular weight excluding hydrogens is 326 g/mol. The molecule has 0 atom stereocenters. The molecule has 0 aliphatic carbocycles. The summed E-state index contributed by atoms with van der Waals surface area (Å²) in [7, 11) is 0. The van der Waals surface area contributed by atoms with Crippen molar-refractivity contribution in [1.82, 2.24) is 25.5 Å². The van der Waals surface area contributed by atoms with Crippen LogP contribution in [0.3, 0.4) is 0 Å². The molecule has 6 nitrogen and oxygen atoms in total. The lowest BCUT2D eigenvalue weighted by molar-refractivity contribution is 0.0953. The van der Waals surface area contributed by atoms with Gasteiger partial charge in [-0.1, -0.05) is 32.0 Å². The normalized spacial score (nSPS) is 10.9. The van der Waals surface area contributed by atoms with Crippen molar-refractivity contribution in [3.63, 3.8) is 0 Å². The largest absolute Gasteiger partial charge is 0.352 e. The second-order valence-electron chi connectivity index (χ2n) is 6.46. The Hall–Kier alpha value is -3.02. The van der Waals surface area contributed by atoms with E-state index in [1.807, 2.05) is 36.4 Å². The SMILES string of the molecule is CC(C)c1nc(-c2cccc(C(=O)NCCCc3ccccn3)c2)n[nH]1. The Labute approximate surface area is 153 Å². The van der Waals surface area contributed by atoms with Gasteiger partial charge in [0, 0.05) is 35.5 Å². The van der Waals surface area contributed by atoms with Crippen molar-refractivity contribution < 1.29 is 4.79 Å². The van der Waals surface area contributed by atoms with Gasteiger partial charge in [-0.2, -0.15) is 5.10 Å². The molecule has 0 radical (unpaired) electrons. The van der Waals surface area contributed by atoms with Crippen molar-refractivity contribution in [2.24, 2.45) is 0 Å². The van der Waals surface area contributed by atoms with Gasteiger partial charge < -0.3 is 5.32 Å². The van der Waals surface area contributed by atoms with Crippen molar-refractivity contribution >= 4 is 5.91 Å². The highest BCUT2D eigenvalue weighted by Gasteiger charge is 2.11. The van der Waals surface area contributed by atoms with E-state index in [-0.39, 0.29) is 11.8 Å². The molecule has 0 spiro atoms. The molecule has 6 heteroatoms. The first-order chi connectivity index (χ1) is 12.6. The van der Waals surface area contributed by atoms with Crippen molar-refractivity contribution in [2.75, 3.05) is 6.54 Å². The number of carbonyl (C=O) groups excluding carboxylic acids is 1.